The lowest BCUT2D eigenvalue weighted by molar-refractivity contribution is -0.140. The lowest BCUT2D eigenvalue weighted by Crippen LogP contribution is -2.13. The second-order valence-electron chi connectivity index (χ2n) is 10.0. The molecule has 0 atom stereocenters. The first kappa shape index (κ1) is 26.2. The van der Waals surface area contributed by atoms with Crippen LogP contribution in [0.2, 0.25) is 0 Å². The van der Waals surface area contributed by atoms with E-state index in [1.165, 1.54) is 62.5 Å². The average molecular weight is 463 g/mol. The molecule has 3 heteroatoms. The molecule has 0 aromatic heterocycles. The highest BCUT2D eigenvalue weighted by Gasteiger charge is 2.22. The number of carbonyl (C=O) groups excluding carboxylic acids is 1. The van der Waals surface area contributed by atoms with Crippen molar-refractivity contribution in [2.75, 3.05) is 6.61 Å². The number of hydrogen-bond acceptors (Lipinski definition) is 3. The molecule has 1 N–H and O–H groups in total. The van der Waals surface area contributed by atoms with E-state index in [4.69, 9.17) is 4.74 Å². The van der Waals surface area contributed by atoms with Crippen molar-refractivity contribution in [3.63, 3.8) is 0 Å². The van der Waals surface area contributed by atoms with Crippen LogP contribution in [-0.4, -0.2) is 17.7 Å². The first-order chi connectivity index (χ1) is 16.5. The van der Waals surface area contributed by atoms with Crippen molar-refractivity contribution < 1.29 is 14.6 Å². The van der Waals surface area contributed by atoms with Gasteiger partial charge in [-0.25, -0.2) is 4.79 Å². The molecular formula is C31H42O3. The summed E-state index contributed by atoms with van der Waals surface area (Å²) in [6.45, 7) is 7.98. The van der Waals surface area contributed by atoms with Gasteiger partial charge in [0.25, 0.3) is 0 Å². The third-order valence-corrected chi connectivity index (χ3v) is 7.30. The molecule has 1 aliphatic carbocycles. The van der Waals surface area contributed by atoms with Crippen LogP contribution < -0.4 is 0 Å². The van der Waals surface area contributed by atoms with Crippen molar-refractivity contribution in [3.8, 4) is 11.1 Å². The van der Waals surface area contributed by atoms with Gasteiger partial charge in [-0.1, -0.05) is 75.6 Å². The van der Waals surface area contributed by atoms with E-state index in [-0.39, 0.29) is 19.2 Å². The molecule has 2 aromatic rings. The number of rotatable bonds is 12. The van der Waals surface area contributed by atoms with Crippen molar-refractivity contribution in [1.29, 1.82) is 0 Å². The van der Waals surface area contributed by atoms with E-state index in [1.807, 2.05) is 0 Å². The minimum atomic E-state index is -0.372. The van der Waals surface area contributed by atoms with Gasteiger partial charge < -0.3 is 9.84 Å². The van der Waals surface area contributed by atoms with Crippen LogP contribution in [0, 0.1) is 5.92 Å². The van der Waals surface area contributed by atoms with Crippen LogP contribution in [0.1, 0.15) is 94.2 Å². The fourth-order valence-corrected chi connectivity index (χ4v) is 5.13. The number of benzene rings is 2. The van der Waals surface area contributed by atoms with Crippen molar-refractivity contribution >= 4 is 5.97 Å². The van der Waals surface area contributed by atoms with Gasteiger partial charge in [0.1, 0.15) is 6.61 Å². The standard InChI is InChI=1S/C31H42O3/c1-4-5-6-8-24-10-12-26(13-11-24)27-14-16-28(17-15-27)29-19-18-25(9-7-20-32)30(21-29)22-34-31(33)23(2)3/h14-19,21,24,26,32H,2,4-13,20,22H2,1,3H3. The molecule has 0 aliphatic heterocycles. The van der Waals surface area contributed by atoms with Crippen molar-refractivity contribution in [3.05, 3.63) is 71.3 Å². The van der Waals surface area contributed by atoms with E-state index in [9.17, 15) is 9.90 Å². The van der Waals surface area contributed by atoms with Crippen LogP contribution in [0.3, 0.4) is 0 Å². The second kappa shape index (κ2) is 13.5. The van der Waals surface area contributed by atoms with Crippen molar-refractivity contribution in [2.24, 2.45) is 5.92 Å². The summed E-state index contributed by atoms with van der Waals surface area (Å²) >= 11 is 0. The van der Waals surface area contributed by atoms with E-state index < -0.39 is 0 Å². The van der Waals surface area contributed by atoms with E-state index >= 15 is 0 Å². The minimum absolute atomic E-state index is 0.148. The number of hydrogen-bond donors (Lipinski definition) is 1. The predicted molar refractivity (Wildman–Crippen MR) is 141 cm³/mol. The molecule has 0 bridgehead atoms. The molecule has 2 aromatic carbocycles. The molecule has 0 amide bonds. The zero-order valence-electron chi connectivity index (χ0n) is 21.2. The Morgan fingerprint density at radius 3 is 2.32 bits per heavy atom. The summed E-state index contributed by atoms with van der Waals surface area (Å²) < 4.78 is 5.44. The molecule has 3 rings (SSSR count). The molecule has 0 unspecified atom stereocenters. The number of aryl methyl sites for hydroxylation is 1. The maximum absolute atomic E-state index is 11.9. The van der Waals surface area contributed by atoms with Gasteiger partial charge in [0.2, 0.25) is 0 Å². The fourth-order valence-electron chi connectivity index (χ4n) is 5.13. The van der Waals surface area contributed by atoms with E-state index in [1.54, 1.807) is 6.92 Å². The van der Waals surface area contributed by atoms with Gasteiger partial charge in [-0.3, -0.25) is 0 Å². The first-order valence-electron chi connectivity index (χ1n) is 13.2. The topological polar surface area (TPSA) is 46.5 Å². The number of aliphatic hydroxyl groups is 1. The lowest BCUT2D eigenvalue weighted by atomic mass is 9.77. The zero-order valence-corrected chi connectivity index (χ0v) is 21.2. The summed E-state index contributed by atoms with van der Waals surface area (Å²) in [5.74, 6) is 1.25. The average Bonchev–Trinajstić information content (AvgIpc) is 2.87. The second-order valence-corrected chi connectivity index (χ2v) is 10.0. The normalized spacial score (nSPS) is 18.0. The number of unbranched alkanes of at least 4 members (excludes halogenated alkanes) is 2. The summed E-state index contributed by atoms with van der Waals surface area (Å²) in [6.07, 6.45) is 12.3. The highest BCUT2D eigenvalue weighted by atomic mass is 16.5. The molecule has 184 valence electrons. The molecule has 0 heterocycles. The van der Waals surface area contributed by atoms with Gasteiger partial charge in [-0.15, -0.1) is 0 Å². The number of esters is 1. The molecule has 1 fully saturated rings. The number of aliphatic hydroxyl groups excluding tert-OH is 1. The van der Waals surface area contributed by atoms with Gasteiger partial charge in [0.05, 0.1) is 0 Å². The molecule has 0 spiro atoms. The van der Waals surface area contributed by atoms with Crippen LogP contribution in [0.5, 0.6) is 0 Å². The summed E-state index contributed by atoms with van der Waals surface area (Å²) in [4.78, 5) is 11.9. The van der Waals surface area contributed by atoms with Crippen molar-refractivity contribution in [2.45, 2.75) is 90.6 Å². The third kappa shape index (κ3) is 7.56. The van der Waals surface area contributed by atoms with Gasteiger partial charge >= 0.3 is 5.97 Å². The van der Waals surface area contributed by atoms with Gasteiger partial charge in [-0.05, 0) is 91.2 Å². The van der Waals surface area contributed by atoms with Gasteiger partial charge in [0, 0.05) is 12.2 Å². The Kier molecular flexibility index (Phi) is 10.4. The Labute approximate surface area is 206 Å². The summed E-state index contributed by atoms with van der Waals surface area (Å²) in [6, 6.07) is 15.4. The van der Waals surface area contributed by atoms with E-state index in [0.717, 1.165) is 29.0 Å². The highest BCUT2D eigenvalue weighted by Crippen LogP contribution is 2.38. The Morgan fingerprint density at radius 2 is 1.68 bits per heavy atom. The summed E-state index contributed by atoms with van der Waals surface area (Å²) in [5.41, 5.74) is 6.27. The lowest BCUT2D eigenvalue weighted by Gasteiger charge is -2.29. The van der Waals surface area contributed by atoms with Crippen molar-refractivity contribution in [1.82, 2.24) is 0 Å². The third-order valence-electron chi connectivity index (χ3n) is 7.30. The van der Waals surface area contributed by atoms with Crippen LogP contribution in [0.25, 0.3) is 11.1 Å². The van der Waals surface area contributed by atoms with Crippen LogP contribution in [0.15, 0.2) is 54.6 Å². The van der Waals surface area contributed by atoms with Crippen LogP contribution in [0.4, 0.5) is 0 Å². The zero-order chi connectivity index (χ0) is 24.3. The van der Waals surface area contributed by atoms with Crippen LogP contribution >= 0.6 is 0 Å². The Hall–Kier alpha value is -2.39. The molecular weight excluding hydrogens is 420 g/mol. The first-order valence-corrected chi connectivity index (χ1v) is 13.2. The SMILES string of the molecule is C=C(C)C(=O)OCc1cc(-c2ccc(C3CCC(CCCCC)CC3)cc2)ccc1CCCO. The molecule has 3 nitrogen and oxygen atoms in total. The largest absolute Gasteiger partial charge is 0.457 e. The number of carbonyl (C=O) groups is 1. The van der Waals surface area contributed by atoms with Gasteiger partial charge in [0.15, 0.2) is 0 Å². The van der Waals surface area contributed by atoms with Gasteiger partial charge in [-0.2, -0.15) is 0 Å². The maximum Gasteiger partial charge on any atom is 0.333 e. The predicted octanol–water partition coefficient (Wildman–Crippen LogP) is 7.75. The Balaban J connectivity index is 1.66. The molecule has 1 saturated carbocycles. The quantitative estimate of drug-likeness (QED) is 0.199. The molecule has 34 heavy (non-hydrogen) atoms. The minimum Gasteiger partial charge on any atom is -0.457 e. The van der Waals surface area contributed by atoms with Crippen LogP contribution in [-0.2, 0) is 22.6 Å². The number of ether oxygens (including phenoxy) is 1. The highest BCUT2D eigenvalue weighted by molar-refractivity contribution is 5.86. The van der Waals surface area contributed by atoms with E-state index in [0.29, 0.717) is 17.9 Å². The molecule has 0 saturated heterocycles. The monoisotopic (exact) mass is 462 g/mol. The fraction of sp³-hybridized carbons (Fsp3) is 0.516. The summed E-state index contributed by atoms with van der Waals surface area (Å²) in [7, 11) is 0. The Morgan fingerprint density at radius 1 is 0.971 bits per heavy atom. The smallest absolute Gasteiger partial charge is 0.333 e. The van der Waals surface area contributed by atoms with E-state index in [2.05, 4.69) is 56.0 Å². The Bertz CT molecular complexity index is 920. The molecule has 0 radical (unpaired) electrons. The summed E-state index contributed by atoms with van der Waals surface area (Å²) in [5, 5.41) is 9.24. The molecule has 1 aliphatic rings. The maximum atomic E-state index is 11.9.